The highest BCUT2D eigenvalue weighted by Crippen LogP contribution is 2.42. The third-order valence-corrected chi connectivity index (χ3v) is 6.02. The summed E-state index contributed by atoms with van der Waals surface area (Å²) in [6.45, 7) is 1.47. The average Bonchev–Trinajstić information content (AvgIpc) is 2.75. The number of nitrogens with one attached hydrogen (secondary N) is 2. The first-order valence-corrected chi connectivity index (χ1v) is 10.5. The molecule has 0 spiro atoms. The lowest BCUT2D eigenvalue weighted by atomic mass is 9.81. The summed E-state index contributed by atoms with van der Waals surface area (Å²) in [6, 6.07) is 14.1. The summed E-state index contributed by atoms with van der Waals surface area (Å²) in [5.74, 6) is -0.147. The summed E-state index contributed by atoms with van der Waals surface area (Å²) >= 11 is 0. The first-order valence-electron chi connectivity index (χ1n) is 10.5. The highest BCUT2D eigenvalue weighted by molar-refractivity contribution is 5.70. The molecule has 0 radical (unpaired) electrons. The second-order valence-corrected chi connectivity index (χ2v) is 8.16. The van der Waals surface area contributed by atoms with Crippen molar-refractivity contribution < 1.29 is 13.2 Å². The smallest absolute Gasteiger partial charge is 0.311 e. The van der Waals surface area contributed by atoms with Crippen LogP contribution in [-0.2, 0) is 12.6 Å². The van der Waals surface area contributed by atoms with Crippen LogP contribution in [0.3, 0.4) is 0 Å². The molecule has 1 aliphatic rings. The van der Waals surface area contributed by atoms with Gasteiger partial charge in [-0.15, -0.1) is 0 Å². The van der Waals surface area contributed by atoms with Gasteiger partial charge in [0.1, 0.15) is 0 Å². The first-order chi connectivity index (χ1) is 15.2. The van der Waals surface area contributed by atoms with Crippen molar-refractivity contribution in [3.63, 3.8) is 0 Å². The van der Waals surface area contributed by atoms with E-state index in [4.69, 9.17) is 0 Å². The van der Waals surface area contributed by atoms with E-state index in [0.29, 0.717) is 42.5 Å². The lowest BCUT2D eigenvalue weighted by Crippen LogP contribution is -2.30. The number of aromatic amines is 2. The molecular formula is C25H23F3N2O2. The van der Waals surface area contributed by atoms with Crippen LogP contribution in [0, 0.1) is 6.92 Å². The number of halogens is 3. The van der Waals surface area contributed by atoms with Gasteiger partial charge in [-0.3, -0.25) is 9.78 Å². The molecule has 1 unspecified atom stereocenters. The van der Waals surface area contributed by atoms with Crippen LogP contribution in [-0.4, -0.2) is 9.97 Å². The van der Waals surface area contributed by atoms with Gasteiger partial charge >= 0.3 is 11.9 Å². The highest BCUT2D eigenvalue weighted by Gasteiger charge is 2.36. The normalized spacial score (nSPS) is 16.6. The van der Waals surface area contributed by atoms with Gasteiger partial charge in [-0.1, -0.05) is 54.6 Å². The van der Waals surface area contributed by atoms with Crippen molar-refractivity contribution in [3.05, 3.63) is 109 Å². The third-order valence-electron chi connectivity index (χ3n) is 6.02. The van der Waals surface area contributed by atoms with Crippen LogP contribution in [0.1, 0.15) is 58.7 Å². The number of hydrogen-bond donors (Lipinski definition) is 2. The van der Waals surface area contributed by atoms with Crippen LogP contribution >= 0.6 is 0 Å². The molecule has 0 saturated heterocycles. The van der Waals surface area contributed by atoms with Gasteiger partial charge in [-0.25, -0.2) is 4.79 Å². The maximum absolute atomic E-state index is 13.6. The fraction of sp³-hybridized carbons (Fsp3) is 0.280. The topological polar surface area (TPSA) is 65.7 Å². The minimum Gasteiger partial charge on any atom is -0.311 e. The molecule has 0 saturated carbocycles. The van der Waals surface area contributed by atoms with E-state index >= 15 is 0 Å². The molecule has 1 atom stereocenters. The van der Waals surface area contributed by atoms with Gasteiger partial charge in [0.25, 0.3) is 5.56 Å². The molecule has 0 fully saturated rings. The summed E-state index contributed by atoms with van der Waals surface area (Å²) < 4.78 is 40.9. The predicted molar refractivity (Wildman–Crippen MR) is 118 cm³/mol. The van der Waals surface area contributed by atoms with Gasteiger partial charge in [0.15, 0.2) is 0 Å². The van der Waals surface area contributed by atoms with Crippen LogP contribution in [0.2, 0.25) is 0 Å². The number of H-pyrrole nitrogens is 2. The Kier molecular flexibility index (Phi) is 5.91. The maximum atomic E-state index is 13.6. The van der Waals surface area contributed by atoms with Gasteiger partial charge in [-0.2, -0.15) is 13.2 Å². The minimum absolute atomic E-state index is 0.147. The molecule has 32 heavy (non-hydrogen) atoms. The summed E-state index contributed by atoms with van der Waals surface area (Å²) in [5.41, 5.74) is 1.44. The van der Waals surface area contributed by atoms with E-state index in [0.717, 1.165) is 5.56 Å². The molecule has 4 rings (SSSR count). The zero-order valence-electron chi connectivity index (χ0n) is 17.6. The molecule has 0 amide bonds. The second kappa shape index (κ2) is 8.65. The van der Waals surface area contributed by atoms with E-state index in [2.05, 4.69) is 9.97 Å². The predicted octanol–water partition coefficient (Wildman–Crippen LogP) is 5.33. The Morgan fingerprint density at radius 1 is 1.00 bits per heavy atom. The Labute approximate surface area is 182 Å². The van der Waals surface area contributed by atoms with Gasteiger partial charge in [0, 0.05) is 23.6 Å². The largest absolute Gasteiger partial charge is 0.417 e. The fourth-order valence-corrected chi connectivity index (χ4v) is 4.51. The van der Waals surface area contributed by atoms with Crippen LogP contribution in [0.4, 0.5) is 13.2 Å². The summed E-state index contributed by atoms with van der Waals surface area (Å²) in [6.07, 6.45) is -0.842. The molecule has 0 bridgehead atoms. The quantitative estimate of drug-likeness (QED) is 0.576. The molecule has 2 aromatic carbocycles. The van der Waals surface area contributed by atoms with Gasteiger partial charge < -0.3 is 4.98 Å². The molecule has 1 aliphatic carbocycles. The first kappa shape index (κ1) is 21.9. The van der Waals surface area contributed by atoms with Crippen LogP contribution in [0.25, 0.3) is 5.57 Å². The molecule has 7 heteroatoms. The minimum atomic E-state index is -4.43. The number of alkyl halides is 3. The Hall–Kier alpha value is -3.35. The molecule has 0 aliphatic heterocycles. The summed E-state index contributed by atoms with van der Waals surface area (Å²) in [7, 11) is 0. The van der Waals surface area contributed by atoms with Crippen LogP contribution in [0.5, 0.6) is 0 Å². The number of benzene rings is 2. The third kappa shape index (κ3) is 4.47. The lowest BCUT2D eigenvalue weighted by Gasteiger charge is -2.25. The molecule has 3 aromatic rings. The molecule has 1 aromatic heterocycles. The molecule has 4 nitrogen and oxygen atoms in total. The monoisotopic (exact) mass is 440 g/mol. The Balaban J connectivity index is 1.68. The number of aromatic nitrogens is 2. The van der Waals surface area contributed by atoms with Crippen molar-refractivity contribution in [2.45, 2.75) is 44.7 Å². The highest BCUT2D eigenvalue weighted by atomic mass is 19.4. The van der Waals surface area contributed by atoms with Crippen molar-refractivity contribution in [3.8, 4) is 0 Å². The number of hydrogen-bond acceptors (Lipinski definition) is 2. The molecular weight excluding hydrogens is 417 g/mol. The average molecular weight is 440 g/mol. The fourth-order valence-electron chi connectivity index (χ4n) is 4.51. The molecule has 2 N–H and O–H groups in total. The van der Waals surface area contributed by atoms with Crippen molar-refractivity contribution in [2.24, 2.45) is 0 Å². The summed E-state index contributed by atoms with van der Waals surface area (Å²) in [5, 5.41) is 0. The Bertz CT molecular complexity index is 1270. The number of aryl methyl sites for hydroxylation is 1. The van der Waals surface area contributed by atoms with E-state index < -0.39 is 23.0 Å². The standard InChI is InChI=1S/C25H23F3N2O2/c1-15-6-5-9-19(21(15)25(26,27)28)17-10-12-18(13-11-17)22-20(23(31)30-24(32)29-22)14-16-7-3-2-4-8-16/h2-10,18H,11-14H2,1H3,(H2,29,30,31,32). The van der Waals surface area contributed by atoms with E-state index in [1.807, 2.05) is 36.4 Å². The Morgan fingerprint density at radius 2 is 1.75 bits per heavy atom. The maximum Gasteiger partial charge on any atom is 0.417 e. The number of allylic oxidation sites excluding steroid dienone is 2. The van der Waals surface area contributed by atoms with E-state index in [1.54, 1.807) is 6.07 Å². The van der Waals surface area contributed by atoms with Crippen LogP contribution < -0.4 is 11.2 Å². The summed E-state index contributed by atoms with van der Waals surface area (Å²) in [4.78, 5) is 29.6. The SMILES string of the molecule is Cc1cccc(C2=CCC(c3[nH]c(=O)[nH]c(=O)c3Cc3ccccc3)CC2)c1C(F)(F)F. The van der Waals surface area contributed by atoms with Gasteiger partial charge in [0.05, 0.1) is 5.56 Å². The van der Waals surface area contributed by atoms with E-state index in [-0.39, 0.29) is 17.0 Å². The Morgan fingerprint density at radius 3 is 2.41 bits per heavy atom. The second-order valence-electron chi connectivity index (χ2n) is 8.16. The van der Waals surface area contributed by atoms with Crippen LogP contribution in [0.15, 0.2) is 64.2 Å². The molecule has 166 valence electrons. The van der Waals surface area contributed by atoms with Crippen molar-refractivity contribution >= 4 is 5.57 Å². The van der Waals surface area contributed by atoms with E-state index in [9.17, 15) is 22.8 Å². The zero-order valence-corrected chi connectivity index (χ0v) is 17.6. The van der Waals surface area contributed by atoms with Crippen molar-refractivity contribution in [1.29, 1.82) is 0 Å². The van der Waals surface area contributed by atoms with Crippen molar-refractivity contribution in [1.82, 2.24) is 9.97 Å². The lowest BCUT2D eigenvalue weighted by molar-refractivity contribution is -0.138. The van der Waals surface area contributed by atoms with Gasteiger partial charge in [-0.05, 0) is 48.4 Å². The zero-order chi connectivity index (χ0) is 22.9. The van der Waals surface area contributed by atoms with E-state index in [1.165, 1.54) is 19.1 Å². The number of rotatable bonds is 4. The molecule has 1 heterocycles. The van der Waals surface area contributed by atoms with Gasteiger partial charge in [0.2, 0.25) is 0 Å². The van der Waals surface area contributed by atoms with Crippen molar-refractivity contribution in [2.75, 3.05) is 0 Å².